The fourth-order valence-corrected chi connectivity index (χ4v) is 4.84. The number of morpholine rings is 1. The zero-order valence-electron chi connectivity index (χ0n) is 17.5. The molecule has 32 heavy (non-hydrogen) atoms. The van der Waals surface area contributed by atoms with Gasteiger partial charge in [0.2, 0.25) is 10.0 Å². The zero-order chi connectivity index (χ0) is 22.7. The Hall–Kier alpha value is -3.21. The Labute approximate surface area is 186 Å². The van der Waals surface area contributed by atoms with Crippen LogP contribution in [-0.4, -0.2) is 60.2 Å². The average molecular weight is 457 g/mol. The van der Waals surface area contributed by atoms with Crippen LogP contribution < -0.4 is 5.32 Å². The molecule has 1 aliphatic heterocycles. The molecule has 3 aromatic rings. The van der Waals surface area contributed by atoms with Crippen LogP contribution in [0.2, 0.25) is 0 Å². The molecule has 0 bridgehead atoms. The van der Waals surface area contributed by atoms with E-state index in [1.807, 2.05) is 19.1 Å². The molecule has 1 amide bonds. The largest absolute Gasteiger partial charge is 0.507 e. The molecule has 9 nitrogen and oxygen atoms in total. The summed E-state index contributed by atoms with van der Waals surface area (Å²) in [4.78, 5) is 12.8. The summed E-state index contributed by atoms with van der Waals surface area (Å²) >= 11 is 0. The number of aromatic nitrogens is 2. The molecule has 0 atom stereocenters. The minimum atomic E-state index is -3.60. The Kier molecular flexibility index (Phi) is 6.26. The molecule has 3 N–H and O–H groups in total. The molecule has 0 spiro atoms. The van der Waals surface area contributed by atoms with Crippen LogP contribution in [0.3, 0.4) is 0 Å². The highest BCUT2D eigenvalue weighted by molar-refractivity contribution is 7.89. The van der Waals surface area contributed by atoms with E-state index in [9.17, 15) is 18.3 Å². The second kappa shape index (κ2) is 9.11. The van der Waals surface area contributed by atoms with E-state index in [-0.39, 0.29) is 16.3 Å². The van der Waals surface area contributed by atoms with Gasteiger partial charge >= 0.3 is 0 Å². The monoisotopic (exact) mass is 456 g/mol. The first-order valence-corrected chi connectivity index (χ1v) is 11.7. The number of hydrogen-bond donors (Lipinski definition) is 3. The molecule has 168 valence electrons. The molecule has 1 fully saturated rings. The first-order chi connectivity index (χ1) is 15.4. The van der Waals surface area contributed by atoms with E-state index in [2.05, 4.69) is 15.5 Å². The van der Waals surface area contributed by atoms with Crippen molar-refractivity contribution in [2.45, 2.75) is 18.2 Å². The number of H-pyrrole nitrogens is 1. The Morgan fingerprint density at radius 3 is 2.56 bits per heavy atom. The summed E-state index contributed by atoms with van der Waals surface area (Å²) < 4.78 is 32.0. The van der Waals surface area contributed by atoms with Gasteiger partial charge < -0.3 is 15.2 Å². The van der Waals surface area contributed by atoms with Crippen molar-refractivity contribution in [1.29, 1.82) is 0 Å². The molecule has 0 unspecified atom stereocenters. The number of aromatic amines is 1. The standard InChI is InChI=1S/C22H24N4O5S/c1-2-15-3-8-21(27)18(13-15)19-14-20(25-24-19)22(28)23-16-4-6-17(7-5-16)32(29,30)26-9-11-31-12-10-26/h3-8,13-14,27H,2,9-12H2,1H3,(H,23,28)(H,24,25). The lowest BCUT2D eigenvalue weighted by Gasteiger charge is -2.26. The Bertz CT molecular complexity index is 1220. The highest BCUT2D eigenvalue weighted by Crippen LogP contribution is 2.29. The van der Waals surface area contributed by atoms with Gasteiger partial charge in [-0.2, -0.15) is 9.40 Å². The molecular formula is C22H24N4O5S. The zero-order valence-corrected chi connectivity index (χ0v) is 18.4. The SMILES string of the molecule is CCc1ccc(O)c(-c2cc(C(=O)Nc3ccc(S(=O)(=O)N4CCOCC4)cc3)[nH]n2)c1. The number of hydrogen-bond acceptors (Lipinski definition) is 6. The van der Waals surface area contributed by atoms with E-state index in [1.165, 1.54) is 16.4 Å². The van der Waals surface area contributed by atoms with Crippen molar-refractivity contribution >= 4 is 21.6 Å². The van der Waals surface area contributed by atoms with Gasteiger partial charge in [0.25, 0.3) is 5.91 Å². The molecule has 1 saturated heterocycles. The maximum atomic E-state index is 12.7. The number of sulfonamides is 1. The molecule has 2 aromatic carbocycles. The third-order valence-electron chi connectivity index (χ3n) is 5.29. The summed E-state index contributed by atoms with van der Waals surface area (Å²) in [5, 5.41) is 19.7. The number of amides is 1. The lowest BCUT2D eigenvalue weighted by molar-refractivity contribution is 0.0730. The summed E-state index contributed by atoms with van der Waals surface area (Å²) in [7, 11) is -3.60. The van der Waals surface area contributed by atoms with Crippen LogP contribution in [0.1, 0.15) is 23.0 Å². The van der Waals surface area contributed by atoms with Gasteiger partial charge in [-0.05, 0) is 54.4 Å². The number of benzene rings is 2. The quantitative estimate of drug-likeness (QED) is 0.524. The minimum absolute atomic E-state index is 0.0812. The third kappa shape index (κ3) is 4.52. The fourth-order valence-electron chi connectivity index (χ4n) is 3.43. The van der Waals surface area contributed by atoms with Crippen LogP contribution in [0, 0.1) is 0 Å². The average Bonchev–Trinajstić information content (AvgIpc) is 3.31. The maximum absolute atomic E-state index is 12.7. The Balaban J connectivity index is 1.47. The van der Waals surface area contributed by atoms with E-state index in [4.69, 9.17) is 4.74 Å². The summed E-state index contributed by atoms with van der Waals surface area (Å²) in [5.41, 5.74) is 2.69. The van der Waals surface area contributed by atoms with Crippen LogP contribution in [0.4, 0.5) is 5.69 Å². The summed E-state index contributed by atoms with van der Waals surface area (Å²) in [6.07, 6.45) is 0.808. The number of nitrogens with one attached hydrogen (secondary N) is 2. The number of aryl methyl sites for hydroxylation is 1. The molecule has 1 aromatic heterocycles. The second-order valence-corrected chi connectivity index (χ2v) is 9.30. The first kappa shape index (κ1) is 22.0. The normalized spacial score (nSPS) is 14.9. The number of carbonyl (C=O) groups is 1. The van der Waals surface area contributed by atoms with Gasteiger partial charge in [-0.15, -0.1) is 0 Å². The molecular weight excluding hydrogens is 432 g/mol. The third-order valence-corrected chi connectivity index (χ3v) is 7.20. The number of anilines is 1. The van der Waals surface area contributed by atoms with Crippen LogP contribution in [0.15, 0.2) is 53.4 Å². The van der Waals surface area contributed by atoms with Gasteiger partial charge in [0.1, 0.15) is 11.4 Å². The van der Waals surface area contributed by atoms with Crippen molar-refractivity contribution < 1.29 is 23.1 Å². The van der Waals surface area contributed by atoms with Gasteiger partial charge in [-0.1, -0.05) is 13.0 Å². The molecule has 0 radical (unpaired) electrons. The minimum Gasteiger partial charge on any atom is -0.507 e. The Morgan fingerprint density at radius 1 is 1.16 bits per heavy atom. The van der Waals surface area contributed by atoms with Gasteiger partial charge in [0, 0.05) is 24.3 Å². The van der Waals surface area contributed by atoms with Crippen LogP contribution in [-0.2, 0) is 21.2 Å². The molecule has 2 heterocycles. The van der Waals surface area contributed by atoms with Crippen molar-refractivity contribution in [2.75, 3.05) is 31.6 Å². The molecule has 4 rings (SSSR count). The van der Waals surface area contributed by atoms with Gasteiger partial charge in [-0.3, -0.25) is 9.89 Å². The van der Waals surface area contributed by atoms with Crippen LogP contribution in [0.5, 0.6) is 5.75 Å². The fraction of sp³-hybridized carbons (Fsp3) is 0.273. The Morgan fingerprint density at radius 2 is 1.88 bits per heavy atom. The number of nitrogens with zero attached hydrogens (tertiary/aromatic N) is 2. The molecule has 0 saturated carbocycles. The van der Waals surface area contributed by atoms with Crippen molar-refractivity contribution in [3.63, 3.8) is 0 Å². The lowest BCUT2D eigenvalue weighted by Crippen LogP contribution is -2.40. The smallest absolute Gasteiger partial charge is 0.273 e. The van der Waals surface area contributed by atoms with E-state index < -0.39 is 15.9 Å². The first-order valence-electron chi connectivity index (χ1n) is 10.3. The molecule has 10 heteroatoms. The van der Waals surface area contributed by atoms with E-state index in [0.29, 0.717) is 43.2 Å². The second-order valence-electron chi connectivity index (χ2n) is 7.37. The maximum Gasteiger partial charge on any atom is 0.273 e. The van der Waals surface area contributed by atoms with E-state index in [0.717, 1.165) is 12.0 Å². The van der Waals surface area contributed by atoms with Crippen molar-refractivity contribution in [2.24, 2.45) is 0 Å². The van der Waals surface area contributed by atoms with Gasteiger partial charge in [-0.25, -0.2) is 8.42 Å². The van der Waals surface area contributed by atoms with Gasteiger partial charge in [0.05, 0.1) is 23.8 Å². The van der Waals surface area contributed by atoms with Crippen LogP contribution in [0.25, 0.3) is 11.3 Å². The van der Waals surface area contributed by atoms with Crippen molar-refractivity contribution in [3.8, 4) is 17.0 Å². The van der Waals surface area contributed by atoms with E-state index >= 15 is 0 Å². The van der Waals surface area contributed by atoms with Crippen molar-refractivity contribution in [3.05, 3.63) is 59.8 Å². The molecule has 0 aliphatic carbocycles. The summed E-state index contributed by atoms with van der Waals surface area (Å²) in [6.45, 7) is 3.40. The lowest BCUT2D eigenvalue weighted by atomic mass is 10.1. The number of phenols is 1. The summed E-state index contributed by atoms with van der Waals surface area (Å²) in [5.74, 6) is -0.351. The highest BCUT2D eigenvalue weighted by Gasteiger charge is 2.26. The topological polar surface area (TPSA) is 125 Å². The highest BCUT2D eigenvalue weighted by atomic mass is 32.2. The van der Waals surface area contributed by atoms with Crippen molar-refractivity contribution in [1.82, 2.24) is 14.5 Å². The van der Waals surface area contributed by atoms with Crippen LogP contribution >= 0.6 is 0 Å². The predicted octanol–water partition coefficient (Wildman–Crippen LogP) is 2.62. The number of aromatic hydroxyl groups is 1. The van der Waals surface area contributed by atoms with E-state index in [1.54, 1.807) is 24.3 Å². The summed E-state index contributed by atoms with van der Waals surface area (Å²) in [6, 6.07) is 12.8. The predicted molar refractivity (Wildman–Crippen MR) is 119 cm³/mol. The number of ether oxygens (including phenoxy) is 1. The number of phenolic OH excluding ortho intramolecular Hbond substituents is 1. The van der Waals surface area contributed by atoms with Gasteiger partial charge in [0.15, 0.2) is 0 Å². The molecule has 1 aliphatic rings. The number of carbonyl (C=O) groups excluding carboxylic acids is 1. The number of rotatable bonds is 6.